The topological polar surface area (TPSA) is 0 Å². The molecule has 0 amide bonds. The van der Waals surface area contributed by atoms with E-state index in [1.165, 1.54) is 119 Å². The maximum Gasteiger partial charge on any atom is 0.0433 e. The van der Waals surface area contributed by atoms with Crippen LogP contribution in [0.1, 0.15) is 25.0 Å². The van der Waals surface area contributed by atoms with Gasteiger partial charge < -0.3 is 0 Å². The lowest BCUT2D eigenvalue weighted by molar-refractivity contribution is 0.666. The monoisotopic (exact) mass is 728 g/mol. The van der Waals surface area contributed by atoms with Crippen LogP contribution in [-0.4, -0.2) is 0 Å². The fraction of sp³-hybridized carbons (Fsp3) is 0.0545. The Kier molecular flexibility index (Phi) is 6.66. The summed E-state index contributed by atoms with van der Waals surface area (Å²) in [5.41, 5.74) is 13.0. The van der Waals surface area contributed by atoms with Crippen LogP contribution in [0.3, 0.4) is 0 Å². The van der Waals surface area contributed by atoms with E-state index in [4.69, 9.17) is 0 Å². The van der Waals surface area contributed by atoms with Gasteiger partial charge in [0.15, 0.2) is 0 Å². The number of hydrogen-bond acceptors (Lipinski definition) is 1. The highest BCUT2D eigenvalue weighted by Gasteiger charge is 2.37. The minimum Gasteiger partial charge on any atom is -0.135 e. The molecule has 0 nitrogen and oxygen atoms in total. The molecule has 56 heavy (non-hydrogen) atoms. The Hall–Kier alpha value is -6.54. The van der Waals surface area contributed by atoms with Crippen LogP contribution in [0, 0.1) is 0 Å². The predicted molar refractivity (Wildman–Crippen MR) is 243 cm³/mol. The van der Waals surface area contributed by atoms with Crippen molar-refractivity contribution in [2.45, 2.75) is 19.3 Å². The van der Waals surface area contributed by atoms with E-state index < -0.39 is 0 Å². The van der Waals surface area contributed by atoms with E-state index in [-0.39, 0.29) is 5.41 Å². The van der Waals surface area contributed by atoms with Crippen molar-refractivity contribution in [3.63, 3.8) is 0 Å². The van der Waals surface area contributed by atoms with Crippen molar-refractivity contribution >= 4 is 74.6 Å². The van der Waals surface area contributed by atoms with Gasteiger partial charge in [-0.25, -0.2) is 0 Å². The van der Waals surface area contributed by atoms with E-state index in [1.807, 2.05) is 11.3 Å². The number of thiophene rings is 1. The van der Waals surface area contributed by atoms with Gasteiger partial charge in [0.1, 0.15) is 0 Å². The van der Waals surface area contributed by atoms with Gasteiger partial charge in [0.25, 0.3) is 0 Å². The van der Waals surface area contributed by atoms with Crippen LogP contribution in [-0.2, 0) is 5.41 Å². The van der Waals surface area contributed by atoms with E-state index in [2.05, 4.69) is 196 Å². The first kappa shape index (κ1) is 31.8. The lowest BCUT2D eigenvalue weighted by Crippen LogP contribution is -2.15. The highest BCUT2D eigenvalue weighted by molar-refractivity contribution is 7.26. The smallest absolute Gasteiger partial charge is 0.0433 e. The zero-order chi connectivity index (χ0) is 37.1. The molecule has 0 spiro atoms. The number of fused-ring (bicyclic) bond motifs is 12. The van der Waals surface area contributed by atoms with Gasteiger partial charge in [-0.2, -0.15) is 0 Å². The minimum atomic E-state index is -0.0992. The summed E-state index contributed by atoms with van der Waals surface area (Å²) in [6.45, 7) is 4.81. The molecule has 12 rings (SSSR count). The summed E-state index contributed by atoms with van der Waals surface area (Å²) in [5, 5.41) is 13.1. The number of benzene rings is 10. The summed E-state index contributed by atoms with van der Waals surface area (Å²) in [4.78, 5) is 0. The van der Waals surface area contributed by atoms with E-state index >= 15 is 0 Å². The molecule has 1 aliphatic rings. The molecule has 10 aromatic carbocycles. The summed E-state index contributed by atoms with van der Waals surface area (Å²) in [7, 11) is 0. The van der Waals surface area contributed by atoms with Gasteiger partial charge in [-0.15, -0.1) is 11.3 Å². The molecule has 0 saturated carbocycles. The lowest BCUT2D eigenvalue weighted by atomic mass is 9.80. The second-order valence-electron chi connectivity index (χ2n) is 16.0. The predicted octanol–water partition coefficient (Wildman–Crippen LogP) is 16.0. The van der Waals surface area contributed by atoms with Crippen LogP contribution in [0.25, 0.3) is 108 Å². The van der Waals surface area contributed by atoms with Crippen molar-refractivity contribution in [1.29, 1.82) is 0 Å². The SMILES string of the molecule is CC1(C)c2ccc(-c3ccc(-c4c5ccccc5c(-c5ccc6ccccc6c5)c5ccccc45)cc3)cc2-c2ccc3c(ccc4c5ccccc5sc34)c21. The minimum absolute atomic E-state index is 0.0992. The Morgan fingerprint density at radius 3 is 1.62 bits per heavy atom. The summed E-state index contributed by atoms with van der Waals surface area (Å²) in [6, 6.07) is 68.2. The molecule has 0 radical (unpaired) electrons. The summed E-state index contributed by atoms with van der Waals surface area (Å²) in [5.74, 6) is 0. The Bertz CT molecular complexity index is 3370. The Labute approximate surface area is 329 Å². The maximum absolute atomic E-state index is 2.44. The van der Waals surface area contributed by atoms with Crippen molar-refractivity contribution < 1.29 is 0 Å². The van der Waals surface area contributed by atoms with Gasteiger partial charge in [0.2, 0.25) is 0 Å². The van der Waals surface area contributed by atoms with Gasteiger partial charge in [-0.1, -0.05) is 178 Å². The van der Waals surface area contributed by atoms with Crippen molar-refractivity contribution in [1.82, 2.24) is 0 Å². The van der Waals surface area contributed by atoms with Crippen LogP contribution < -0.4 is 0 Å². The van der Waals surface area contributed by atoms with E-state index in [0.717, 1.165) is 0 Å². The Morgan fingerprint density at radius 2 is 0.893 bits per heavy atom. The molecule has 1 aliphatic carbocycles. The largest absolute Gasteiger partial charge is 0.135 e. The van der Waals surface area contributed by atoms with E-state index in [9.17, 15) is 0 Å². The highest BCUT2D eigenvalue weighted by Crippen LogP contribution is 2.54. The molecule has 0 saturated heterocycles. The number of rotatable bonds is 3. The molecule has 262 valence electrons. The molecule has 0 atom stereocenters. The molecule has 11 aromatic rings. The molecule has 1 heteroatoms. The maximum atomic E-state index is 2.44. The fourth-order valence-electron chi connectivity index (χ4n) is 10.0. The zero-order valence-corrected chi connectivity index (χ0v) is 32.0. The molecule has 0 fully saturated rings. The van der Waals surface area contributed by atoms with Gasteiger partial charge in [0, 0.05) is 25.6 Å². The first-order valence-electron chi connectivity index (χ1n) is 19.6. The van der Waals surface area contributed by atoms with Gasteiger partial charge in [-0.05, 0) is 117 Å². The molecule has 1 aromatic heterocycles. The van der Waals surface area contributed by atoms with Crippen LogP contribution in [0.2, 0.25) is 0 Å². The third kappa shape index (κ3) is 4.47. The van der Waals surface area contributed by atoms with Crippen LogP contribution in [0.5, 0.6) is 0 Å². The standard InChI is InChI=1S/C55H36S/c1-55(2)49-30-25-37(32-48(49)45-27-29-47-44(53(45)55)26-28-46-39-13-9-10-18-50(39)56-54(46)47)34-19-22-35(23-20-34)51-40-14-5-7-16-42(40)52(43-17-8-6-15-41(43)51)38-24-21-33-11-3-4-12-36(33)31-38/h3-32H,1-2H3. The van der Waals surface area contributed by atoms with Crippen LogP contribution in [0.4, 0.5) is 0 Å². The van der Waals surface area contributed by atoms with Crippen molar-refractivity contribution in [3.05, 3.63) is 193 Å². The average molecular weight is 729 g/mol. The third-order valence-corrected chi connectivity index (χ3v) is 13.8. The second kappa shape index (κ2) is 11.7. The molecule has 0 bridgehead atoms. The molecule has 0 unspecified atom stereocenters. The average Bonchev–Trinajstić information content (AvgIpc) is 3.74. The first-order valence-corrected chi connectivity index (χ1v) is 20.4. The molecule has 1 heterocycles. The lowest BCUT2D eigenvalue weighted by Gasteiger charge is -2.23. The number of hydrogen-bond donors (Lipinski definition) is 0. The summed E-state index contributed by atoms with van der Waals surface area (Å²) in [6.07, 6.45) is 0. The van der Waals surface area contributed by atoms with Gasteiger partial charge in [-0.3, -0.25) is 0 Å². The first-order chi connectivity index (χ1) is 27.5. The highest BCUT2D eigenvalue weighted by atomic mass is 32.1. The second-order valence-corrected chi connectivity index (χ2v) is 17.0. The van der Waals surface area contributed by atoms with Gasteiger partial charge >= 0.3 is 0 Å². The van der Waals surface area contributed by atoms with E-state index in [1.54, 1.807) is 0 Å². The van der Waals surface area contributed by atoms with Crippen molar-refractivity contribution in [3.8, 4) is 44.5 Å². The quantitative estimate of drug-likeness (QED) is 0.159. The Morgan fingerprint density at radius 1 is 0.357 bits per heavy atom. The normalized spacial score (nSPS) is 13.3. The summed E-state index contributed by atoms with van der Waals surface area (Å²) < 4.78 is 2.75. The fourth-order valence-corrected chi connectivity index (χ4v) is 11.3. The zero-order valence-electron chi connectivity index (χ0n) is 31.2. The van der Waals surface area contributed by atoms with E-state index in [0.29, 0.717) is 0 Å². The summed E-state index contributed by atoms with van der Waals surface area (Å²) >= 11 is 1.92. The molecule has 0 aliphatic heterocycles. The van der Waals surface area contributed by atoms with Crippen molar-refractivity contribution in [2.75, 3.05) is 0 Å². The van der Waals surface area contributed by atoms with Crippen molar-refractivity contribution in [2.24, 2.45) is 0 Å². The third-order valence-electron chi connectivity index (χ3n) is 12.6. The van der Waals surface area contributed by atoms with Crippen LogP contribution in [0.15, 0.2) is 182 Å². The Balaban J connectivity index is 0.976. The molecular weight excluding hydrogens is 693 g/mol. The van der Waals surface area contributed by atoms with Gasteiger partial charge in [0.05, 0.1) is 0 Å². The molecular formula is C55H36S. The molecule has 0 N–H and O–H groups in total. The van der Waals surface area contributed by atoms with Crippen LogP contribution >= 0.6 is 11.3 Å².